The Balaban J connectivity index is 1.06. The predicted octanol–water partition coefficient (Wildman–Crippen LogP) is 6.42. The number of H-pyrrole nitrogens is 1. The summed E-state index contributed by atoms with van der Waals surface area (Å²) in [5.41, 5.74) is 5.48. The number of nitrogens with one attached hydrogen (secondary N) is 2. The highest BCUT2D eigenvalue weighted by atomic mass is 19.1. The van der Waals surface area contributed by atoms with E-state index in [4.69, 9.17) is 0 Å². The predicted molar refractivity (Wildman–Crippen MR) is 182 cm³/mol. The first-order valence-corrected chi connectivity index (χ1v) is 16.2. The van der Waals surface area contributed by atoms with E-state index in [0.717, 1.165) is 48.2 Å². The van der Waals surface area contributed by atoms with Gasteiger partial charge in [-0.15, -0.1) is 0 Å². The van der Waals surface area contributed by atoms with Gasteiger partial charge in [-0.25, -0.2) is 4.39 Å². The third kappa shape index (κ3) is 6.36. The second-order valence-corrected chi connectivity index (χ2v) is 12.6. The fraction of sp³-hybridized carbons (Fsp3) is 0.289. The first kappa shape index (κ1) is 30.0. The van der Waals surface area contributed by atoms with Crippen molar-refractivity contribution in [2.75, 3.05) is 51.2 Å². The lowest BCUT2D eigenvalue weighted by Crippen LogP contribution is -2.52. The summed E-state index contributed by atoms with van der Waals surface area (Å²) in [6, 6.07) is 29.5. The van der Waals surface area contributed by atoms with Crippen molar-refractivity contribution in [1.82, 2.24) is 20.1 Å². The molecule has 3 heterocycles. The van der Waals surface area contributed by atoms with E-state index in [1.807, 2.05) is 48.5 Å². The summed E-state index contributed by atoms with van der Waals surface area (Å²) in [4.78, 5) is 24.6. The minimum atomic E-state index is -0.793. The molecule has 2 fully saturated rings. The van der Waals surface area contributed by atoms with E-state index in [1.54, 1.807) is 6.07 Å². The molecule has 1 atom stereocenters. The number of nitrogens with zero attached hydrogens (tertiary/aromatic N) is 3. The zero-order chi connectivity index (χ0) is 31.6. The number of hydrogen-bond acceptors (Lipinski definition) is 5. The third-order valence-electron chi connectivity index (χ3n) is 9.65. The number of anilines is 1. The summed E-state index contributed by atoms with van der Waals surface area (Å²) in [6.45, 7) is 6.78. The lowest BCUT2D eigenvalue weighted by Gasteiger charge is -2.42. The zero-order valence-electron chi connectivity index (χ0n) is 26.1. The van der Waals surface area contributed by atoms with E-state index in [1.165, 1.54) is 49.8 Å². The van der Waals surface area contributed by atoms with Gasteiger partial charge in [-0.05, 0) is 91.0 Å². The molecule has 7 rings (SSSR count). The minimum absolute atomic E-state index is 0.0947. The van der Waals surface area contributed by atoms with Crippen LogP contribution in [0.25, 0.3) is 22.0 Å². The molecular weight excluding hydrogens is 577 g/mol. The molecule has 236 valence electrons. The summed E-state index contributed by atoms with van der Waals surface area (Å²) in [6.07, 6.45) is 2.38. The molecule has 7 nitrogen and oxygen atoms in total. The molecule has 8 heteroatoms. The van der Waals surface area contributed by atoms with Crippen LogP contribution in [0, 0.1) is 5.82 Å². The number of likely N-dealkylation sites (N-methyl/N-ethyl adjacent to an activating group) is 1. The highest BCUT2D eigenvalue weighted by molar-refractivity contribution is 5.96. The van der Waals surface area contributed by atoms with Crippen molar-refractivity contribution in [2.24, 2.45) is 0 Å². The van der Waals surface area contributed by atoms with E-state index < -0.39 is 11.9 Å². The first-order valence-electron chi connectivity index (χ1n) is 16.2. The van der Waals surface area contributed by atoms with Gasteiger partial charge in [0.05, 0.1) is 6.04 Å². The molecular formula is C38H40FN5O2. The van der Waals surface area contributed by atoms with Gasteiger partial charge in [0.25, 0.3) is 5.91 Å². The number of aromatic hydroxyl groups is 1. The summed E-state index contributed by atoms with van der Waals surface area (Å²) >= 11 is 0. The van der Waals surface area contributed by atoms with Gasteiger partial charge in [-0.2, -0.15) is 0 Å². The van der Waals surface area contributed by atoms with E-state index in [2.05, 4.69) is 56.3 Å². The average Bonchev–Trinajstić information content (AvgIpc) is 3.53. The van der Waals surface area contributed by atoms with Crippen LogP contribution in [0.4, 0.5) is 10.1 Å². The number of carbonyl (C=O) groups excluding carboxylic acids is 1. The van der Waals surface area contributed by atoms with Crippen molar-refractivity contribution >= 4 is 22.5 Å². The van der Waals surface area contributed by atoms with Gasteiger partial charge in [0.15, 0.2) is 0 Å². The van der Waals surface area contributed by atoms with Crippen molar-refractivity contribution in [3.05, 3.63) is 120 Å². The fourth-order valence-electron chi connectivity index (χ4n) is 6.93. The number of fused-ring (bicyclic) bond motifs is 1. The maximum absolute atomic E-state index is 14.3. The number of para-hydroxylation sites is 1. The molecule has 0 spiro atoms. The van der Waals surface area contributed by atoms with Gasteiger partial charge >= 0.3 is 0 Å². The molecule has 0 radical (unpaired) electrons. The molecule has 3 N–H and O–H groups in total. The van der Waals surface area contributed by atoms with Crippen LogP contribution in [0.1, 0.15) is 40.5 Å². The molecule has 1 aromatic heterocycles. The Bertz CT molecular complexity index is 1790. The summed E-state index contributed by atoms with van der Waals surface area (Å²) < 4.78 is 14.3. The van der Waals surface area contributed by atoms with Gasteiger partial charge in [0, 0.05) is 73.3 Å². The topological polar surface area (TPSA) is 74.8 Å². The van der Waals surface area contributed by atoms with Crippen molar-refractivity contribution in [3.63, 3.8) is 0 Å². The Kier molecular flexibility index (Phi) is 8.47. The smallest absolute Gasteiger partial charge is 0.252 e. The highest BCUT2D eigenvalue weighted by Gasteiger charge is 2.27. The second kappa shape index (κ2) is 13.0. The van der Waals surface area contributed by atoms with Gasteiger partial charge in [0.2, 0.25) is 0 Å². The van der Waals surface area contributed by atoms with Gasteiger partial charge < -0.3 is 25.2 Å². The van der Waals surface area contributed by atoms with Crippen molar-refractivity contribution in [1.29, 1.82) is 0 Å². The van der Waals surface area contributed by atoms with Crippen LogP contribution >= 0.6 is 0 Å². The molecule has 4 aromatic carbocycles. The van der Waals surface area contributed by atoms with Crippen LogP contribution in [0.2, 0.25) is 0 Å². The molecule has 2 aliphatic rings. The number of amides is 1. The number of piperidine rings is 1. The standard InChI is InChI=1S/C38H40FN5O2/c1-42-19-21-44(22-20-42)32-15-17-43(18-16-32)31-12-9-26(10-13-31)27-6-4-7-29(23-27)38(46)41-37(33-25-30(39)11-14-36(33)45)35-24-28-5-2-3-8-34(28)40-35/h2-14,23-25,32,37,40,45H,15-22H2,1H3,(H,41,46). The summed E-state index contributed by atoms with van der Waals surface area (Å²) in [5, 5.41) is 14.7. The Morgan fingerprint density at radius 2 is 1.61 bits per heavy atom. The van der Waals surface area contributed by atoms with E-state index >= 15 is 0 Å². The number of aromatic nitrogens is 1. The lowest BCUT2D eigenvalue weighted by atomic mass is 9.99. The summed E-state index contributed by atoms with van der Waals surface area (Å²) in [7, 11) is 2.21. The third-order valence-corrected chi connectivity index (χ3v) is 9.65. The molecule has 1 unspecified atom stereocenters. The Hall–Kier alpha value is -4.66. The first-order chi connectivity index (χ1) is 22.4. The van der Waals surface area contributed by atoms with Crippen molar-refractivity contribution < 1.29 is 14.3 Å². The minimum Gasteiger partial charge on any atom is -0.508 e. The number of halogens is 1. The monoisotopic (exact) mass is 617 g/mol. The Labute approximate surface area is 269 Å². The normalized spacial score (nSPS) is 17.3. The van der Waals surface area contributed by atoms with Crippen molar-refractivity contribution in [2.45, 2.75) is 24.9 Å². The van der Waals surface area contributed by atoms with Gasteiger partial charge in [0.1, 0.15) is 11.6 Å². The van der Waals surface area contributed by atoms with Crippen LogP contribution in [-0.4, -0.2) is 78.2 Å². The number of piperazine rings is 1. The molecule has 0 aliphatic carbocycles. The number of phenols is 1. The molecule has 1 amide bonds. The Morgan fingerprint density at radius 3 is 2.37 bits per heavy atom. The van der Waals surface area contributed by atoms with Gasteiger partial charge in [-0.1, -0.05) is 42.5 Å². The maximum atomic E-state index is 14.3. The summed E-state index contributed by atoms with van der Waals surface area (Å²) in [5.74, 6) is -0.912. The zero-order valence-corrected chi connectivity index (χ0v) is 26.1. The van der Waals surface area contributed by atoms with Crippen LogP contribution in [-0.2, 0) is 0 Å². The van der Waals surface area contributed by atoms with Crippen molar-refractivity contribution in [3.8, 4) is 16.9 Å². The molecule has 0 saturated carbocycles. The number of hydrogen-bond donors (Lipinski definition) is 3. The number of aromatic amines is 1. The quantitative estimate of drug-likeness (QED) is 0.197. The second-order valence-electron chi connectivity index (χ2n) is 12.6. The highest BCUT2D eigenvalue weighted by Crippen LogP contribution is 2.33. The average molecular weight is 618 g/mol. The molecule has 0 bridgehead atoms. The lowest BCUT2D eigenvalue weighted by molar-refractivity contribution is 0.0942. The number of rotatable bonds is 7. The van der Waals surface area contributed by atoms with E-state index in [9.17, 15) is 14.3 Å². The molecule has 5 aromatic rings. The fourth-order valence-corrected chi connectivity index (χ4v) is 6.93. The maximum Gasteiger partial charge on any atom is 0.252 e. The largest absolute Gasteiger partial charge is 0.508 e. The van der Waals surface area contributed by atoms with Crippen LogP contribution in [0.3, 0.4) is 0 Å². The van der Waals surface area contributed by atoms with E-state index in [0.29, 0.717) is 17.3 Å². The Morgan fingerprint density at radius 1 is 0.848 bits per heavy atom. The SMILES string of the molecule is CN1CCN(C2CCN(c3ccc(-c4cccc(C(=O)NC(c5cc6ccccc6[nH]5)c5cc(F)ccc5O)c4)cc3)CC2)CC1. The van der Waals surface area contributed by atoms with Crippen LogP contribution in [0.5, 0.6) is 5.75 Å². The molecule has 2 saturated heterocycles. The van der Waals surface area contributed by atoms with Crippen LogP contribution in [0.15, 0.2) is 97.1 Å². The van der Waals surface area contributed by atoms with Crippen LogP contribution < -0.4 is 10.2 Å². The van der Waals surface area contributed by atoms with Gasteiger partial charge in [-0.3, -0.25) is 9.69 Å². The molecule has 2 aliphatic heterocycles. The van der Waals surface area contributed by atoms with E-state index in [-0.39, 0.29) is 17.2 Å². The number of benzene rings is 4. The number of carbonyl (C=O) groups is 1. The number of phenolic OH excluding ortho intramolecular Hbond substituents is 1. The molecule has 46 heavy (non-hydrogen) atoms.